The van der Waals surface area contributed by atoms with Crippen molar-refractivity contribution in [3.8, 4) is 0 Å². The lowest BCUT2D eigenvalue weighted by Crippen LogP contribution is -1.90. The van der Waals surface area contributed by atoms with Crippen molar-refractivity contribution >= 4 is 23.2 Å². The number of allylic oxidation sites excluding steroid dienone is 2. The van der Waals surface area contributed by atoms with E-state index in [2.05, 4.69) is 19.9 Å². The maximum absolute atomic E-state index is 5.66. The van der Waals surface area contributed by atoms with Crippen molar-refractivity contribution in [2.75, 3.05) is 11.8 Å². The molecule has 0 unspecified atom stereocenters. The van der Waals surface area contributed by atoms with Gasteiger partial charge in [-0.2, -0.15) is 0 Å². The molecule has 0 aliphatic carbocycles. The molecule has 0 rings (SSSR count). The van der Waals surface area contributed by atoms with E-state index in [0.29, 0.717) is 17.7 Å². The van der Waals surface area contributed by atoms with Gasteiger partial charge in [0, 0.05) is 11.8 Å². The zero-order valence-corrected chi connectivity index (χ0v) is 8.04. The second-order valence-corrected chi connectivity index (χ2v) is 3.29. The molecule has 0 aromatic heterocycles. The van der Waals surface area contributed by atoms with Gasteiger partial charge in [-0.05, 0) is 12.3 Å². The molecule has 0 spiro atoms. The van der Waals surface area contributed by atoms with Gasteiger partial charge >= 0.3 is 0 Å². The topological polar surface area (TPSA) is 0 Å². The van der Waals surface area contributed by atoms with Crippen LogP contribution >= 0.6 is 23.2 Å². The molecule has 60 valence electrons. The largest absolute Gasteiger partial charge is 0.126 e. The molecule has 0 atom stereocenters. The molecule has 0 heterocycles. The minimum absolute atomic E-state index is 0.581. The minimum Gasteiger partial charge on any atom is -0.126 e. The maximum Gasteiger partial charge on any atom is 0.0434 e. The molecule has 2 heteroatoms. The standard InChI is InChI=1S/C8H14Cl2/c1-7(2)5-8(6-10)3-4-9/h5,7H,3-4,6H2,1-2H3. The van der Waals surface area contributed by atoms with Gasteiger partial charge in [0.25, 0.3) is 0 Å². The van der Waals surface area contributed by atoms with Crippen molar-refractivity contribution in [3.63, 3.8) is 0 Å². The summed E-state index contributed by atoms with van der Waals surface area (Å²) in [6, 6.07) is 0. The molecule has 0 aromatic rings. The van der Waals surface area contributed by atoms with Crippen LogP contribution < -0.4 is 0 Å². The summed E-state index contributed by atoms with van der Waals surface area (Å²) in [4.78, 5) is 0. The molecule has 0 bridgehead atoms. The summed E-state index contributed by atoms with van der Waals surface area (Å²) in [5.74, 6) is 1.87. The van der Waals surface area contributed by atoms with Gasteiger partial charge < -0.3 is 0 Å². The Hall–Kier alpha value is 0.320. The van der Waals surface area contributed by atoms with Crippen LogP contribution in [0.3, 0.4) is 0 Å². The van der Waals surface area contributed by atoms with Crippen molar-refractivity contribution in [2.45, 2.75) is 20.3 Å². The number of alkyl halides is 2. The number of halogens is 2. The highest BCUT2D eigenvalue weighted by Crippen LogP contribution is 2.09. The van der Waals surface area contributed by atoms with E-state index in [4.69, 9.17) is 23.2 Å². The number of hydrogen-bond donors (Lipinski definition) is 0. The Balaban J connectivity index is 3.78. The van der Waals surface area contributed by atoms with E-state index in [1.807, 2.05) is 0 Å². The molecule has 0 saturated heterocycles. The fourth-order valence-electron chi connectivity index (χ4n) is 0.787. The van der Waals surface area contributed by atoms with Crippen molar-refractivity contribution < 1.29 is 0 Å². The lowest BCUT2D eigenvalue weighted by Gasteiger charge is -2.01. The van der Waals surface area contributed by atoms with Crippen molar-refractivity contribution in [1.29, 1.82) is 0 Å². The molecule has 0 N–H and O–H groups in total. The monoisotopic (exact) mass is 180 g/mol. The summed E-state index contributed by atoms with van der Waals surface area (Å²) in [5.41, 5.74) is 1.26. The Morgan fingerprint density at radius 2 is 2.00 bits per heavy atom. The zero-order valence-electron chi connectivity index (χ0n) is 6.53. The third-order valence-corrected chi connectivity index (χ3v) is 1.69. The van der Waals surface area contributed by atoms with E-state index in [0.717, 1.165) is 6.42 Å². The van der Waals surface area contributed by atoms with Gasteiger partial charge in [0.15, 0.2) is 0 Å². The third kappa shape index (κ3) is 5.13. The molecule has 10 heavy (non-hydrogen) atoms. The molecule has 0 aliphatic rings. The lowest BCUT2D eigenvalue weighted by atomic mass is 10.1. The first-order chi connectivity index (χ1) is 4.70. The van der Waals surface area contributed by atoms with Gasteiger partial charge in [-0.3, -0.25) is 0 Å². The summed E-state index contributed by atoms with van der Waals surface area (Å²) in [6.45, 7) is 4.28. The highest BCUT2D eigenvalue weighted by atomic mass is 35.5. The van der Waals surface area contributed by atoms with Crippen LogP contribution in [-0.2, 0) is 0 Å². The Morgan fingerprint density at radius 3 is 2.30 bits per heavy atom. The molecular weight excluding hydrogens is 167 g/mol. The van der Waals surface area contributed by atoms with Crippen LogP contribution in [-0.4, -0.2) is 11.8 Å². The van der Waals surface area contributed by atoms with Gasteiger partial charge in [-0.15, -0.1) is 23.2 Å². The SMILES string of the molecule is CC(C)C=C(CCl)CCCl. The Bertz CT molecular complexity index is 106. The highest BCUT2D eigenvalue weighted by molar-refractivity contribution is 6.20. The molecule has 0 aliphatic heterocycles. The van der Waals surface area contributed by atoms with Crippen molar-refractivity contribution in [1.82, 2.24) is 0 Å². The number of hydrogen-bond acceptors (Lipinski definition) is 0. The second kappa shape index (κ2) is 6.06. The molecule has 0 aromatic carbocycles. The van der Waals surface area contributed by atoms with E-state index < -0.39 is 0 Å². The van der Waals surface area contributed by atoms with Gasteiger partial charge in [0.2, 0.25) is 0 Å². The zero-order chi connectivity index (χ0) is 7.98. The van der Waals surface area contributed by atoms with E-state index in [1.54, 1.807) is 0 Å². The predicted molar refractivity (Wildman–Crippen MR) is 49.0 cm³/mol. The van der Waals surface area contributed by atoms with Crippen LogP contribution in [0.25, 0.3) is 0 Å². The molecule has 0 amide bonds. The van der Waals surface area contributed by atoms with Crippen LogP contribution in [0.15, 0.2) is 11.6 Å². The van der Waals surface area contributed by atoms with Gasteiger partial charge in [0.05, 0.1) is 0 Å². The molecule has 0 radical (unpaired) electrons. The van der Waals surface area contributed by atoms with Crippen LogP contribution in [0, 0.1) is 5.92 Å². The Morgan fingerprint density at radius 1 is 1.40 bits per heavy atom. The van der Waals surface area contributed by atoms with E-state index in [9.17, 15) is 0 Å². The number of rotatable bonds is 4. The summed E-state index contributed by atoms with van der Waals surface area (Å²) >= 11 is 11.2. The van der Waals surface area contributed by atoms with Crippen molar-refractivity contribution in [2.24, 2.45) is 5.92 Å². The first kappa shape index (κ1) is 10.3. The summed E-state index contributed by atoms with van der Waals surface area (Å²) in [6.07, 6.45) is 3.10. The second-order valence-electron chi connectivity index (χ2n) is 2.64. The fraction of sp³-hybridized carbons (Fsp3) is 0.750. The van der Waals surface area contributed by atoms with Crippen LogP contribution in [0.4, 0.5) is 0 Å². The average molecular weight is 181 g/mol. The molecule has 0 nitrogen and oxygen atoms in total. The summed E-state index contributed by atoms with van der Waals surface area (Å²) < 4.78 is 0. The maximum atomic E-state index is 5.66. The molecule has 0 saturated carbocycles. The fourth-order valence-corrected chi connectivity index (χ4v) is 1.25. The average Bonchev–Trinajstić information content (AvgIpc) is 1.86. The Kier molecular flexibility index (Phi) is 6.25. The van der Waals surface area contributed by atoms with E-state index in [-0.39, 0.29) is 0 Å². The lowest BCUT2D eigenvalue weighted by molar-refractivity contribution is 0.814. The molecular formula is C8H14Cl2. The first-order valence-electron chi connectivity index (χ1n) is 3.52. The highest BCUT2D eigenvalue weighted by Gasteiger charge is 1.95. The van der Waals surface area contributed by atoms with Crippen LogP contribution in [0.2, 0.25) is 0 Å². The van der Waals surface area contributed by atoms with Crippen LogP contribution in [0.5, 0.6) is 0 Å². The van der Waals surface area contributed by atoms with Gasteiger partial charge in [-0.25, -0.2) is 0 Å². The van der Waals surface area contributed by atoms with Crippen molar-refractivity contribution in [3.05, 3.63) is 11.6 Å². The minimum atomic E-state index is 0.581. The van der Waals surface area contributed by atoms with Crippen LogP contribution in [0.1, 0.15) is 20.3 Å². The summed E-state index contributed by atoms with van der Waals surface area (Å²) in [5, 5.41) is 0. The third-order valence-electron chi connectivity index (χ3n) is 1.16. The van der Waals surface area contributed by atoms with E-state index in [1.165, 1.54) is 5.57 Å². The van der Waals surface area contributed by atoms with Gasteiger partial charge in [0.1, 0.15) is 0 Å². The van der Waals surface area contributed by atoms with Gasteiger partial charge in [-0.1, -0.05) is 25.5 Å². The molecule has 0 fully saturated rings. The predicted octanol–water partition coefficient (Wildman–Crippen LogP) is 3.44. The Labute approximate surface area is 73.2 Å². The van der Waals surface area contributed by atoms with E-state index >= 15 is 0 Å². The first-order valence-corrected chi connectivity index (χ1v) is 4.59. The smallest absolute Gasteiger partial charge is 0.0434 e. The normalized spacial score (nSPS) is 12.7. The summed E-state index contributed by atoms with van der Waals surface area (Å²) in [7, 11) is 0. The quantitative estimate of drug-likeness (QED) is 0.460.